The van der Waals surface area contributed by atoms with Gasteiger partial charge in [-0.25, -0.2) is 9.37 Å². The van der Waals surface area contributed by atoms with E-state index in [1.807, 2.05) is 0 Å². The second-order valence-corrected chi connectivity index (χ2v) is 5.50. The summed E-state index contributed by atoms with van der Waals surface area (Å²) in [5.74, 6) is 0.585. The van der Waals surface area contributed by atoms with Crippen LogP contribution in [0.4, 0.5) is 4.39 Å². The lowest BCUT2D eigenvalue weighted by molar-refractivity contribution is 0.0776. The molecule has 0 saturated carbocycles. The maximum absolute atomic E-state index is 13.0. The summed E-state index contributed by atoms with van der Waals surface area (Å²) in [6.45, 7) is 0.557. The average Bonchev–Trinajstić information content (AvgIpc) is 3.14. The molecule has 0 aliphatic carbocycles. The van der Waals surface area contributed by atoms with E-state index in [1.165, 1.54) is 23.4 Å². The zero-order chi connectivity index (χ0) is 17.6. The number of para-hydroxylation sites is 1. The highest BCUT2D eigenvalue weighted by Crippen LogP contribution is 2.21. The number of benzene rings is 2. The van der Waals surface area contributed by atoms with Crippen LogP contribution in [0, 0.1) is 5.82 Å². The molecule has 1 aromatic heterocycles. The summed E-state index contributed by atoms with van der Waals surface area (Å²) in [7, 11) is 1.68. The van der Waals surface area contributed by atoms with Gasteiger partial charge in [0, 0.05) is 7.05 Å². The van der Waals surface area contributed by atoms with Gasteiger partial charge < -0.3 is 9.64 Å². The molecule has 0 unspecified atom stereocenters. The van der Waals surface area contributed by atoms with Crippen molar-refractivity contribution in [2.24, 2.45) is 0 Å². The van der Waals surface area contributed by atoms with Crippen LogP contribution in [0.1, 0.15) is 21.7 Å². The third kappa shape index (κ3) is 4.20. The highest BCUT2D eigenvalue weighted by atomic mass is 19.1. The van der Waals surface area contributed by atoms with Crippen LogP contribution >= 0.6 is 0 Å². The highest BCUT2D eigenvalue weighted by molar-refractivity contribution is 5.96. The number of hydrogen-bond donors (Lipinski definition) is 1. The van der Waals surface area contributed by atoms with E-state index in [0.29, 0.717) is 23.7 Å². The van der Waals surface area contributed by atoms with Crippen LogP contribution < -0.4 is 4.74 Å². The van der Waals surface area contributed by atoms with Crippen LogP contribution in [0.3, 0.4) is 0 Å². The molecule has 0 atom stereocenters. The molecule has 2 aromatic carbocycles. The summed E-state index contributed by atoms with van der Waals surface area (Å²) in [6, 6.07) is 13.1. The highest BCUT2D eigenvalue weighted by Gasteiger charge is 2.17. The number of carbonyl (C=O) groups is 1. The Morgan fingerprint density at radius 3 is 2.68 bits per heavy atom. The fourth-order valence-electron chi connectivity index (χ4n) is 2.32. The van der Waals surface area contributed by atoms with E-state index in [4.69, 9.17) is 4.74 Å². The predicted octanol–water partition coefficient (Wildman–Crippen LogP) is 2.80. The van der Waals surface area contributed by atoms with E-state index in [1.54, 1.807) is 43.4 Å². The molecule has 0 aliphatic rings. The molecule has 0 bridgehead atoms. The van der Waals surface area contributed by atoms with Crippen LogP contribution in [-0.2, 0) is 13.2 Å². The number of H-pyrrole nitrogens is 1. The van der Waals surface area contributed by atoms with E-state index >= 15 is 0 Å². The number of nitrogens with zero attached hydrogens (tertiary/aromatic N) is 3. The van der Waals surface area contributed by atoms with Gasteiger partial charge >= 0.3 is 0 Å². The molecular weight excluding hydrogens is 323 g/mol. The monoisotopic (exact) mass is 340 g/mol. The van der Waals surface area contributed by atoms with Crippen LogP contribution in [0.15, 0.2) is 54.9 Å². The Bertz CT molecular complexity index is 835. The van der Waals surface area contributed by atoms with Crippen molar-refractivity contribution in [1.29, 1.82) is 0 Å². The van der Waals surface area contributed by atoms with E-state index in [0.717, 1.165) is 5.56 Å². The van der Waals surface area contributed by atoms with Crippen molar-refractivity contribution in [2.75, 3.05) is 7.05 Å². The number of aromatic amines is 1. The van der Waals surface area contributed by atoms with E-state index in [9.17, 15) is 9.18 Å². The molecule has 7 heteroatoms. The molecular formula is C18H17FN4O2. The first-order valence-corrected chi connectivity index (χ1v) is 7.69. The smallest absolute Gasteiger partial charge is 0.257 e. The Labute approximate surface area is 144 Å². The average molecular weight is 340 g/mol. The zero-order valence-corrected chi connectivity index (χ0v) is 13.6. The van der Waals surface area contributed by atoms with Crippen molar-refractivity contribution in [1.82, 2.24) is 20.1 Å². The zero-order valence-electron chi connectivity index (χ0n) is 13.6. The minimum absolute atomic E-state index is 0.189. The Morgan fingerprint density at radius 2 is 1.96 bits per heavy atom. The number of rotatable bonds is 6. The van der Waals surface area contributed by atoms with Gasteiger partial charge in [-0.3, -0.25) is 9.89 Å². The summed E-state index contributed by atoms with van der Waals surface area (Å²) < 4.78 is 18.7. The van der Waals surface area contributed by atoms with Gasteiger partial charge in [0.25, 0.3) is 5.91 Å². The summed E-state index contributed by atoms with van der Waals surface area (Å²) >= 11 is 0. The quantitative estimate of drug-likeness (QED) is 0.749. The second-order valence-electron chi connectivity index (χ2n) is 5.50. The first kappa shape index (κ1) is 16.6. The molecule has 0 aliphatic heterocycles. The van der Waals surface area contributed by atoms with E-state index in [-0.39, 0.29) is 18.3 Å². The minimum Gasteiger partial charge on any atom is -0.488 e. The molecule has 3 rings (SSSR count). The molecule has 128 valence electrons. The Morgan fingerprint density at radius 1 is 1.20 bits per heavy atom. The van der Waals surface area contributed by atoms with Crippen LogP contribution in [0.25, 0.3) is 0 Å². The summed E-state index contributed by atoms with van der Waals surface area (Å²) in [4.78, 5) is 18.2. The molecule has 1 N–H and O–H groups in total. The van der Waals surface area contributed by atoms with Gasteiger partial charge in [-0.1, -0.05) is 24.3 Å². The molecule has 1 amide bonds. The van der Waals surface area contributed by atoms with Gasteiger partial charge in [-0.2, -0.15) is 5.10 Å². The van der Waals surface area contributed by atoms with Crippen molar-refractivity contribution in [3.63, 3.8) is 0 Å². The SMILES string of the molecule is CN(Cc1ncn[nH]1)C(=O)c1ccccc1OCc1ccc(F)cc1. The van der Waals surface area contributed by atoms with Gasteiger partial charge in [0.15, 0.2) is 0 Å². The predicted molar refractivity (Wildman–Crippen MR) is 89.4 cm³/mol. The number of carbonyl (C=O) groups excluding carboxylic acids is 1. The lowest BCUT2D eigenvalue weighted by atomic mass is 10.1. The lowest BCUT2D eigenvalue weighted by Gasteiger charge is -2.18. The summed E-state index contributed by atoms with van der Waals surface area (Å²) in [5.41, 5.74) is 1.27. The molecule has 6 nitrogen and oxygen atoms in total. The normalized spacial score (nSPS) is 10.5. The maximum atomic E-state index is 13.0. The van der Waals surface area contributed by atoms with Crippen molar-refractivity contribution < 1.29 is 13.9 Å². The van der Waals surface area contributed by atoms with Gasteiger partial charge in [0.1, 0.15) is 30.3 Å². The largest absolute Gasteiger partial charge is 0.488 e. The number of amides is 1. The van der Waals surface area contributed by atoms with Gasteiger partial charge in [-0.05, 0) is 29.8 Å². The first-order chi connectivity index (χ1) is 12.1. The molecule has 3 aromatic rings. The number of ether oxygens (including phenoxy) is 1. The number of hydrogen-bond acceptors (Lipinski definition) is 4. The maximum Gasteiger partial charge on any atom is 0.257 e. The standard InChI is InChI=1S/C18H17FN4O2/c1-23(10-17-20-12-21-22-17)18(24)15-4-2-3-5-16(15)25-11-13-6-8-14(19)9-7-13/h2-9,12H,10-11H2,1H3,(H,20,21,22). The Kier molecular flexibility index (Phi) is 5.03. The number of halogens is 1. The third-order valence-corrected chi connectivity index (χ3v) is 3.62. The summed E-state index contributed by atoms with van der Waals surface area (Å²) in [5, 5.41) is 6.49. The minimum atomic E-state index is -0.298. The topological polar surface area (TPSA) is 71.1 Å². The van der Waals surface area contributed by atoms with Crippen molar-refractivity contribution in [3.05, 3.63) is 77.6 Å². The van der Waals surface area contributed by atoms with Gasteiger partial charge in [0.2, 0.25) is 0 Å². The van der Waals surface area contributed by atoms with Gasteiger partial charge in [-0.15, -0.1) is 0 Å². The molecule has 1 heterocycles. The molecule has 0 saturated heterocycles. The molecule has 0 fully saturated rings. The number of nitrogens with one attached hydrogen (secondary N) is 1. The van der Waals surface area contributed by atoms with Crippen LogP contribution in [0.2, 0.25) is 0 Å². The molecule has 0 spiro atoms. The second kappa shape index (κ2) is 7.57. The Balaban J connectivity index is 1.71. The lowest BCUT2D eigenvalue weighted by Crippen LogP contribution is -2.27. The van der Waals surface area contributed by atoms with Crippen LogP contribution in [-0.4, -0.2) is 33.0 Å². The van der Waals surface area contributed by atoms with Crippen LogP contribution in [0.5, 0.6) is 5.75 Å². The molecule has 25 heavy (non-hydrogen) atoms. The van der Waals surface area contributed by atoms with Gasteiger partial charge in [0.05, 0.1) is 12.1 Å². The third-order valence-electron chi connectivity index (χ3n) is 3.62. The number of aromatic nitrogens is 3. The van der Waals surface area contributed by atoms with Crippen molar-refractivity contribution in [3.8, 4) is 5.75 Å². The first-order valence-electron chi connectivity index (χ1n) is 7.69. The van der Waals surface area contributed by atoms with E-state index < -0.39 is 0 Å². The van der Waals surface area contributed by atoms with Crippen molar-refractivity contribution in [2.45, 2.75) is 13.2 Å². The van der Waals surface area contributed by atoms with Crippen molar-refractivity contribution >= 4 is 5.91 Å². The summed E-state index contributed by atoms with van der Waals surface area (Å²) in [6.07, 6.45) is 1.40. The van der Waals surface area contributed by atoms with E-state index in [2.05, 4.69) is 15.2 Å². The fourth-order valence-corrected chi connectivity index (χ4v) is 2.32. The fraction of sp³-hybridized carbons (Fsp3) is 0.167. The molecule has 0 radical (unpaired) electrons. The Hall–Kier alpha value is -3.22.